The number of nitrogens with one attached hydrogen (secondary N) is 1. The normalized spacial score (nSPS) is 12.2. The topological polar surface area (TPSA) is 86.5 Å². The molecule has 14 heteroatoms. The van der Waals surface area contributed by atoms with Gasteiger partial charge in [0.2, 0.25) is 10.9 Å². The fourth-order valence-corrected chi connectivity index (χ4v) is 2.95. The number of rotatable bonds is 6. The third-order valence-electron chi connectivity index (χ3n) is 3.56. The number of ether oxygens (including phenoxy) is 2. The maximum atomic E-state index is 13.4. The molecule has 7 nitrogen and oxygen atoms in total. The van der Waals surface area contributed by atoms with Gasteiger partial charge in [-0.25, -0.2) is 0 Å². The molecule has 0 fully saturated rings. The van der Waals surface area contributed by atoms with Gasteiger partial charge in [-0.2, -0.15) is 18.2 Å². The number of hydrogen-bond acceptors (Lipinski definition) is 7. The second-order valence-electron chi connectivity index (χ2n) is 6.43. The highest BCUT2D eigenvalue weighted by molar-refractivity contribution is 7.10. The summed E-state index contributed by atoms with van der Waals surface area (Å²) >= 11 is 0.685. The monoisotopic (exact) mass is 481 g/mol. The van der Waals surface area contributed by atoms with E-state index in [0.29, 0.717) is 11.5 Å². The summed E-state index contributed by atoms with van der Waals surface area (Å²) in [5, 5.41) is 2.04. The molecular weight excluding hydrogens is 468 g/mol. The van der Waals surface area contributed by atoms with Gasteiger partial charge in [-0.05, 0) is 32.0 Å². The lowest BCUT2D eigenvalue weighted by Gasteiger charge is -2.09. The Labute approximate surface area is 180 Å². The minimum absolute atomic E-state index is 0.0642. The Balaban J connectivity index is 1.91. The molecule has 0 radical (unpaired) electrons. The van der Waals surface area contributed by atoms with E-state index in [1.165, 1.54) is 6.07 Å². The van der Waals surface area contributed by atoms with Crippen molar-refractivity contribution in [2.45, 2.75) is 32.5 Å². The average molecular weight is 481 g/mol. The van der Waals surface area contributed by atoms with Crippen molar-refractivity contribution >= 4 is 22.6 Å². The number of alkyl halides is 6. The zero-order valence-corrected chi connectivity index (χ0v) is 17.0. The molecule has 0 aliphatic heterocycles. The highest BCUT2D eigenvalue weighted by Gasteiger charge is 2.41. The van der Waals surface area contributed by atoms with Crippen LogP contribution in [-0.2, 0) is 6.18 Å². The second kappa shape index (κ2) is 8.68. The molecule has 1 amide bonds. The highest BCUT2D eigenvalue weighted by Crippen LogP contribution is 2.38. The Hall–Kier alpha value is -3.29. The molecule has 0 spiro atoms. The van der Waals surface area contributed by atoms with Gasteiger partial charge in [0.25, 0.3) is 5.91 Å². The van der Waals surface area contributed by atoms with Gasteiger partial charge in [-0.15, -0.1) is 17.5 Å². The summed E-state index contributed by atoms with van der Waals surface area (Å²) in [5.41, 5.74) is -1.06. The van der Waals surface area contributed by atoms with Crippen LogP contribution in [0.2, 0.25) is 0 Å². The van der Waals surface area contributed by atoms with Gasteiger partial charge in [0.05, 0.1) is 11.7 Å². The molecule has 0 atom stereocenters. The molecule has 0 unspecified atom stereocenters. The lowest BCUT2D eigenvalue weighted by molar-refractivity contribution is -0.274. The zero-order valence-electron chi connectivity index (χ0n) is 16.2. The summed E-state index contributed by atoms with van der Waals surface area (Å²) in [4.78, 5) is 16.3. The predicted molar refractivity (Wildman–Crippen MR) is 99.5 cm³/mol. The van der Waals surface area contributed by atoms with Crippen LogP contribution < -0.4 is 14.8 Å². The van der Waals surface area contributed by atoms with E-state index in [1.54, 1.807) is 13.8 Å². The molecule has 2 aromatic heterocycles. The first-order valence-corrected chi connectivity index (χ1v) is 9.48. The van der Waals surface area contributed by atoms with Crippen LogP contribution in [0.15, 0.2) is 34.7 Å². The van der Waals surface area contributed by atoms with E-state index in [1.807, 2.05) is 0 Å². The van der Waals surface area contributed by atoms with Crippen molar-refractivity contribution in [1.82, 2.24) is 9.36 Å². The SMILES string of the molecule is CC(C)Oc1nsc(NC(=O)c2cc(-c3cccc(OC(F)(F)F)c3)oc2C(F)(F)F)n1. The van der Waals surface area contributed by atoms with E-state index in [2.05, 4.69) is 19.4 Å². The third kappa shape index (κ3) is 5.90. The van der Waals surface area contributed by atoms with Crippen molar-refractivity contribution in [3.8, 4) is 23.1 Å². The Bertz CT molecular complexity index is 1110. The number of furan rings is 1. The molecule has 1 aromatic carbocycles. The fraction of sp³-hybridized carbons (Fsp3) is 0.278. The number of amides is 1. The molecule has 3 aromatic rings. The van der Waals surface area contributed by atoms with Gasteiger partial charge in [0.1, 0.15) is 11.5 Å². The summed E-state index contributed by atoms with van der Waals surface area (Å²) in [6.07, 6.45) is -10.3. The van der Waals surface area contributed by atoms with Crippen LogP contribution in [0.5, 0.6) is 11.8 Å². The van der Waals surface area contributed by atoms with Crippen LogP contribution in [0.1, 0.15) is 30.0 Å². The van der Waals surface area contributed by atoms with Crippen LogP contribution in [0.4, 0.5) is 31.5 Å². The molecule has 172 valence electrons. The van der Waals surface area contributed by atoms with Crippen LogP contribution in [0.25, 0.3) is 11.3 Å². The number of benzene rings is 1. The third-order valence-corrected chi connectivity index (χ3v) is 4.17. The first-order valence-electron chi connectivity index (χ1n) is 8.71. The maximum Gasteiger partial charge on any atom is 0.573 e. The average Bonchev–Trinajstić information content (AvgIpc) is 3.27. The van der Waals surface area contributed by atoms with Crippen LogP contribution >= 0.6 is 11.5 Å². The van der Waals surface area contributed by atoms with Crippen LogP contribution in [0, 0.1) is 0 Å². The van der Waals surface area contributed by atoms with Gasteiger partial charge in [0.15, 0.2) is 0 Å². The molecule has 1 N–H and O–H groups in total. The van der Waals surface area contributed by atoms with Gasteiger partial charge in [-0.1, -0.05) is 12.1 Å². The Morgan fingerprint density at radius 3 is 2.50 bits per heavy atom. The molecule has 3 rings (SSSR count). The van der Waals surface area contributed by atoms with E-state index >= 15 is 0 Å². The van der Waals surface area contributed by atoms with Crippen LogP contribution in [-0.4, -0.2) is 27.7 Å². The predicted octanol–water partition coefficient (Wildman–Crippen LogP) is 5.76. The molecule has 0 saturated heterocycles. The van der Waals surface area contributed by atoms with Crippen molar-refractivity contribution in [1.29, 1.82) is 0 Å². The molecule has 0 saturated carbocycles. The summed E-state index contributed by atoms with van der Waals surface area (Å²) in [7, 11) is 0. The van der Waals surface area contributed by atoms with E-state index in [0.717, 1.165) is 24.3 Å². The standard InChI is InChI=1S/C18H13F6N3O4S/c1-8(2)29-15-26-16(32-27-15)25-14(28)11-7-12(30-13(11)17(19,20)21)9-4-3-5-10(6-9)31-18(22,23)24/h3-8H,1-2H3,(H,25,26,27,28). The summed E-state index contributed by atoms with van der Waals surface area (Å²) in [6, 6.07) is 4.81. The lowest BCUT2D eigenvalue weighted by Crippen LogP contribution is -2.17. The smallest absolute Gasteiger partial charge is 0.460 e. The van der Waals surface area contributed by atoms with Crippen molar-refractivity contribution in [3.05, 3.63) is 41.7 Å². The van der Waals surface area contributed by atoms with E-state index in [-0.39, 0.29) is 22.8 Å². The van der Waals surface area contributed by atoms with Crippen molar-refractivity contribution < 1.29 is 45.0 Å². The number of halogens is 6. The molecule has 0 aliphatic carbocycles. The summed E-state index contributed by atoms with van der Waals surface area (Å²) in [6.45, 7) is 3.41. The minimum atomic E-state index is -5.06. The summed E-state index contributed by atoms with van der Waals surface area (Å²) in [5.74, 6) is -3.99. The quantitative estimate of drug-likeness (QED) is 0.451. The van der Waals surface area contributed by atoms with Crippen LogP contribution in [0.3, 0.4) is 0 Å². The molecule has 0 aliphatic rings. The van der Waals surface area contributed by atoms with Crippen molar-refractivity contribution in [3.63, 3.8) is 0 Å². The first-order chi connectivity index (χ1) is 14.8. The maximum absolute atomic E-state index is 13.4. The van der Waals surface area contributed by atoms with Crippen molar-refractivity contribution in [2.24, 2.45) is 0 Å². The van der Waals surface area contributed by atoms with E-state index < -0.39 is 41.3 Å². The highest BCUT2D eigenvalue weighted by atomic mass is 32.1. The Morgan fingerprint density at radius 1 is 1.16 bits per heavy atom. The largest absolute Gasteiger partial charge is 0.573 e. The lowest BCUT2D eigenvalue weighted by atomic mass is 10.1. The van der Waals surface area contributed by atoms with Gasteiger partial charge in [-0.3, -0.25) is 10.1 Å². The number of carbonyl (C=O) groups excluding carboxylic acids is 1. The molecule has 32 heavy (non-hydrogen) atoms. The number of hydrogen-bond donors (Lipinski definition) is 1. The minimum Gasteiger partial charge on any atom is -0.460 e. The Morgan fingerprint density at radius 2 is 1.88 bits per heavy atom. The van der Waals surface area contributed by atoms with E-state index in [9.17, 15) is 31.1 Å². The first kappa shape index (κ1) is 23.4. The number of nitrogens with zero attached hydrogens (tertiary/aromatic N) is 2. The fourth-order valence-electron chi connectivity index (χ4n) is 2.44. The number of anilines is 1. The van der Waals surface area contributed by atoms with E-state index in [4.69, 9.17) is 9.15 Å². The van der Waals surface area contributed by atoms with Crippen molar-refractivity contribution in [2.75, 3.05) is 5.32 Å². The number of carbonyl (C=O) groups is 1. The van der Waals surface area contributed by atoms with Gasteiger partial charge < -0.3 is 13.9 Å². The summed E-state index contributed by atoms with van der Waals surface area (Å²) < 4.78 is 95.1. The molecular formula is C18H13F6N3O4S. The molecule has 2 heterocycles. The van der Waals surface area contributed by atoms with Gasteiger partial charge in [0, 0.05) is 17.1 Å². The second-order valence-corrected chi connectivity index (χ2v) is 7.18. The number of aromatic nitrogens is 2. The van der Waals surface area contributed by atoms with Gasteiger partial charge >= 0.3 is 18.5 Å². The zero-order chi connectivity index (χ0) is 23.7. The Kier molecular flexibility index (Phi) is 6.34. The molecule has 0 bridgehead atoms.